The summed E-state index contributed by atoms with van der Waals surface area (Å²) in [6.45, 7) is 7.19. The lowest BCUT2D eigenvalue weighted by atomic mass is 10.00. The van der Waals surface area contributed by atoms with Crippen molar-refractivity contribution in [1.82, 2.24) is 10.2 Å². The molecule has 6 heteroatoms. The molecule has 24 heavy (non-hydrogen) atoms. The van der Waals surface area contributed by atoms with Crippen molar-refractivity contribution >= 4 is 24.2 Å². The molecular formula is C18H28ClN3O2. The average Bonchev–Trinajstić information content (AvgIpc) is 2.70. The van der Waals surface area contributed by atoms with Crippen LogP contribution in [0.5, 0.6) is 0 Å². The third kappa shape index (κ3) is 5.21. The Balaban J connectivity index is 0.00000288. The predicted molar refractivity (Wildman–Crippen MR) is 98.0 cm³/mol. The SMILES string of the molecule is CC(=O)N1C[C@@H](N)CC[C@@H](C(=O)NCc2cccc(C)c2C)C1.Cl. The van der Waals surface area contributed by atoms with Crippen LogP contribution in [0.2, 0.25) is 0 Å². The topological polar surface area (TPSA) is 75.4 Å². The second-order valence-corrected chi connectivity index (χ2v) is 6.54. The maximum Gasteiger partial charge on any atom is 0.225 e. The van der Waals surface area contributed by atoms with E-state index in [1.165, 1.54) is 18.1 Å². The van der Waals surface area contributed by atoms with Crippen molar-refractivity contribution < 1.29 is 9.59 Å². The first-order valence-corrected chi connectivity index (χ1v) is 8.22. The first-order chi connectivity index (χ1) is 10.9. The van der Waals surface area contributed by atoms with Gasteiger partial charge in [0.25, 0.3) is 0 Å². The quantitative estimate of drug-likeness (QED) is 0.871. The first-order valence-electron chi connectivity index (χ1n) is 8.22. The van der Waals surface area contributed by atoms with Crippen molar-refractivity contribution in [2.75, 3.05) is 13.1 Å². The van der Waals surface area contributed by atoms with Crippen molar-refractivity contribution in [1.29, 1.82) is 0 Å². The number of benzene rings is 1. The van der Waals surface area contributed by atoms with Gasteiger partial charge < -0.3 is 16.0 Å². The standard InChI is InChI=1S/C18H27N3O2.ClH/c1-12-5-4-6-15(13(12)2)9-20-18(23)16-7-8-17(19)11-21(10-16)14(3)22;/h4-6,16-17H,7-11,19H2,1-3H3,(H,20,23);1H/t16-,17+;/m1./s1. The molecule has 0 unspecified atom stereocenters. The van der Waals surface area contributed by atoms with Gasteiger partial charge in [-0.15, -0.1) is 12.4 Å². The Kier molecular flexibility index (Phi) is 7.70. The van der Waals surface area contributed by atoms with Crippen molar-refractivity contribution in [3.8, 4) is 0 Å². The molecule has 1 heterocycles. The molecule has 0 radical (unpaired) electrons. The zero-order valence-electron chi connectivity index (χ0n) is 14.7. The fourth-order valence-corrected chi connectivity index (χ4v) is 3.02. The van der Waals surface area contributed by atoms with Crippen LogP contribution >= 0.6 is 12.4 Å². The van der Waals surface area contributed by atoms with Crippen LogP contribution in [0.25, 0.3) is 0 Å². The number of halogens is 1. The number of amides is 2. The average molecular weight is 354 g/mol. The third-order valence-corrected chi connectivity index (χ3v) is 4.77. The molecule has 2 atom stereocenters. The van der Waals surface area contributed by atoms with Crippen molar-refractivity contribution in [2.24, 2.45) is 11.7 Å². The van der Waals surface area contributed by atoms with Crippen LogP contribution in [0.4, 0.5) is 0 Å². The maximum atomic E-state index is 12.5. The third-order valence-electron chi connectivity index (χ3n) is 4.77. The number of rotatable bonds is 3. The number of carbonyl (C=O) groups is 2. The maximum absolute atomic E-state index is 12.5. The molecule has 0 aliphatic carbocycles. The fraction of sp³-hybridized carbons (Fsp3) is 0.556. The molecule has 134 valence electrons. The van der Waals surface area contributed by atoms with Crippen LogP contribution in [0.15, 0.2) is 18.2 Å². The highest BCUT2D eigenvalue weighted by atomic mass is 35.5. The van der Waals surface area contributed by atoms with E-state index in [1.54, 1.807) is 4.90 Å². The highest BCUT2D eigenvalue weighted by Crippen LogP contribution is 2.17. The van der Waals surface area contributed by atoms with E-state index in [0.717, 1.165) is 18.4 Å². The lowest BCUT2D eigenvalue weighted by molar-refractivity contribution is -0.131. The molecule has 2 rings (SSSR count). The van der Waals surface area contributed by atoms with Gasteiger partial charge in [0.15, 0.2) is 0 Å². The monoisotopic (exact) mass is 353 g/mol. The van der Waals surface area contributed by atoms with Crippen LogP contribution in [0, 0.1) is 19.8 Å². The summed E-state index contributed by atoms with van der Waals surface area (Å²) in [5, 5.41) is 3.02. The van der Waals surface area contributed by atoms with Crippen LogP contribution in [-0.2, 0) is 16.1 Å². The van der Waals surface area contributed by atoms with Gasteiger partial charge in [-0.2, -0.15) is 0 Å². The van der Waals surface area contributed by atoms with Crippen molar-refractivity contribution in [3.63, 3.8) is 0 Å². The smallest absolute Gasteiger partial charge is 0.225 e. The van der Waals surface area contributed by atoms with E-state index in [9.17, 15) is 9.59 Å². The summed E-state index contributed by atoms with van der Waals surface area (Å²) in [5.74, 6) is -0.196. The normalized spacial score (nSPS) is 20.8. The Hall–Kier alpha value is -1.59. The van der Waals surface area contributed by atoms with Gasteiger partial charge in [0, 0.05) is 32.6 Å². The minimum Gasteiger partial charge on any atom is -0.352 e. The van der Waals surface area contributed by atoms with E-state index in [2.05, 4.69) is 25.2 Å². The van der Waals surface area contributed by atoms with Crippen molar-refractivity contribution in [3.05, 3.63) is 34.9 Å². The van der Waals surface area contributed by atoms with E-state index < -0.39 is 0 Å². The molecule has 0 saturated carbocycles. The molecule has 2 amide bonds. The summed E-state index contributed by atoms with van der Waals surface area (Å²) in [4.78, 5) is 25.9. The minimum absolute atomic E-state index is 0. The fourth-order valence-electron chi connectivity index (χ4n) is 3.02. The first kappa shape index (κ1) is 20.5. The minimum atomic E-state index is -0.183. The van der Waals surface area contributed by atoms with Gasteiger partial charge in [0.1, 0.15) is 0 Å². The second-order valence-electron chi connectivity index (χ2n) is 6.54. The summed E-state index contributed by atoms with van der Waals surface area (Å²) < 4.78 is 0. The number of hydrogen-bond donors (Lipinski definition) is 2. The Bertz CT molecular complexity index is 592. The summed E-state index contributed by atoms with van der Waals surface area (Å²) in [5.41, 5.74) is 9.56. The lowest BCUT2D eigenvalue weighted by Crippen LogP contribution is -2.42. The lowest BCUT2D eigenvalue weighted by Gasteiger charge is -2.23. The largest absolute Gasteiger partial charge is 0.352 e. The molecule has 1 fully saturated rings. The highest BCUT2D eigenvalue weighted by Gasteiger charge is 2.28. The summed E-state index contributed by atoms with van der Waals surface area (Å²) in [7, 11) is 0. The van der Waals surface area contributed by atoms with Crippen LogP contribution in [0.3, 0.4) is 0 Å². The van der Waals surface area contributed by atoms with Crippen LogP contribution < -0.4 is 11.1 Å². The number of hydrogen-bond acceptors (Lipinski definition) is 3. The Morgan fingerprint density at radius 3 is 2.62 bits per heavy atom. The number of carbonyl (C=O) groups excluding carboxylic acids is 2. The number of nitrogens with zero attached hydrogens (tertiary/aromatic N) is 1. The summed E-state index contributed by atoms with van der Waals surface area (Å²) in [6.07, 6.45) is 1.49. The van der Waals surface area contributed by atoms with Gasteiger partial charge in [-0.05, 0) is 43.4 Å². The molecule has 0 aromatic heterocycles. The molecule has 1 saturated heterocycles. The number of nitrogens with one attached hydrogen (secondary N) is 1. The van der Waals surface area contributed by atoms with E-state index in [0.29, 0.717) is 19.6 Å². The zero-order valence-corrected chi connectivity index (χ0v) is 15.5. The molecule has 3 N–H and O–H groups in total. The van der Waals surface area contributed by atoms with Gasteiger partial charge in [-0.25, -0.2) is 0 Å². The second kappa shape index (κ2) is 9.04. The van der Waals surface area contributed by atoms with Crippen molar-refractivity contribution in [2.45, 2.75) is 46.2 Å². The van der Waals surface area contributed by atoms with Gasteiger partial charge in [-0.3, -0.25) is 9.59 Å². The van der Waals surface area contributed by atoms with E-state index in [4.69, 9.17) is 5.73 Å². The molecule has 1 aromatic rings. The van der Waals surface area contributed by atoms with E-state index >= 15 is 0 Å². The van der Waals surface area contributed by atoms with E-state index in [1.807, 2.05) is 12.1 Å². The highest BCUT2D eigenvalue weighted by molar-refractivity contribution is 5.85. The number of aryl methyl sites for hydroxylation is 1. The van der Waals surface area contributed by atoms with Gasteiger partial charge in [0.2, 0.25) is 11.8 Å². The Morgan fingerprint density at radius 2 is 1.96 bits per heavy atom. The Morgan fingerprint density at radius 1 is 1.25 bits per heavy atom. The summed E-state index contributed by atoms with van der Waals surface area (Å²) in [6, 6.07) is 6.06. The predicted octanol–water partition coefficient (Wildman–Crippen LogP) is 1.93. The van der Waals surface area contributed by atoms with Crippen LogP contribution in [-0.4, -0.2) is 35.8 Å². The molecule has 1 aromatic carbocycles. The number of likely N-dealkylation sites (tertiary alicyclic amines) is 1. The van der Waals surface area contributed by atoms with E-state index in [-0.39, 0.29) is 36.2 Å². The molecule has 5 nitrogen and oxygen atoms in total. The van der Waals surface area contributed by atoms with Gasteiger partial charge in [0.05, 0.1) is 5.92 Å². The van der Waals surface area contributed by atoms with Gasteiger partial charge in [-0.1, -0.05) is 18.2 Å². The molecule has 0 bridgehead atoms. The van der Waals surface area contributed by atoms with Crippen LogP contribution in [0.1, 0.15) is 36.5 Å². The molecule has 1 aliphatic rings. The molecule has 0 spiro atoms. The zero-order chi connectivity index (χ0) is 17.0. The summed E-state index contributed by atoms with van der Waals surface area (Å²) >= 11 is 0. The molecular weight excluding hydrogens is 326 g/mol. The molecule has 1 aliphatic heterocycles. The Labute approximate surface area is 150 Å². The van der Waals surface area contributed by atoms with Gasteiger partial charge >= 0.3 is 0 Å². The number of nitrogens with two attached hydrogens (primary N) is 1.